The molecule has 38 heavy (non-hydrogen) atoms. The number of alkyl halides is 6. The van der Waals surface area contributed by atoms with E-state index in [4.69, 9.17) is 9.47 Å². The van der Waals surface area contributed by atoms with E-state index in [1.807, 2.05) is 0 Å². The van der Waals surface area contributed by atoms with E-state index in [1.165, 1.54) is 13.8 Å². The van der Waals surface area contributed by atoms with Crippen LogP contribution in [0.25, 0.3) is 0 Å². The Morgan fingerprint density at radius 1 is 0.816 bits per heavy atom. The Morgan fingerprint density at radius 2 is 1.24 bits per heavy atom. The molecule has 0 amide bonds. The SMILES string of the molecule is CCC(C)(C)C(=O)OC1C(=O)OC(C)(C)C1C(F)(F)F.CCC(C)(C)C(=O)OC1C(=O)OCC1C(F)(F)F. The zero-order chi connectivity index (χ0) is 30.1. The van der Waals surface area contributed by atoms with Gasteiger partial charge in [0.15, 0.2) is 0 Å². The van der Waals surface area contributed by atoms with E-state index in [0.29, 0.717) is 12.8 Å². The smallest absolute Gasteiger partial charge is 0.399 e. The number of esters is 4. The van der Waals surface area contributed by atoms with Gasteiger partial charge in [-0.15, -0.1) is 0 Å². The maximum atomic E-state index is 13.1. The summed E-state index contributed by atoms with van der Waals surface area (Å²) >= 11 is 0. The highest BCUT2D eigenvalue weighted by molar-refractivity contribution is 5.84. The lowest BCUT2D eigenvalue weighted by atomic mass is 9.87. The summed E-state index contributed by atoms with van der Waals surface area (Å²) in [7, 11) is 0. The van der Waals surface area contributed by atoms with Crippen LogP contribution in [0, 0.1) is 22.7 Å². The van der Waals surface area contributed by atoms with Gasteiger partial charge in [0, 0.05) is 0 Å². The Hall–Kier alpha value is -2.54. The lowest BCUT2D eigenvalue weighted by Gasteiger charge is -2.29. The van der Waals surface area contributed by atoms with Gasteiger partial charge in [0.1, 0.15) is 24.0 Å². The van der Waals surface area contributed by atoms with Crippen LogP contribution in [0.3, 0.4) is 0 Å². The standard InChI is InChI=1S/C13H19F3O4.C11H15F3O4/c1-6-11(2,3)10(18)19-7-8(13(14,15)16)12(4,5)20-9(7)17;1-4-10(2,3)9(16)18-7-6(11(12,13)14)5-17-8(7)15/h7-8H,6H2,1-5H3;6-7H,4-5H2,1-3H3. The van der Waals surface area contributed by atoms with Crippen molar-refractivity contribution < 1.29 is 64.5 Å². The second-order valence-electron chi connectivity index (χ2n) is 10.9. The van der Waals surface area contributed by atoms with Crippen molar-refractivity contribution in [2.45, 2.75) is 98.4 Å². The van der Waals surface area contributed by atoms with Crippen LogP contribution in [0.2, 0.25) is 0 Å². The maximum Gasteiger partial charge on any atom is 0.399 e. The number of ether oxygens (including phenoxy) is 4. The molecule has 2 heterocycles. The normalized spacial score (nSPS) is 25.6. The summed E-state index contributed by atoms with van der Waals surface area (Å²) in [6.07, 6.45) is -12.4. The molecule has 0 spiro atoms. The van der Waals surface area contributed by atoms with Gasteiger partial charge in [0.05, 0.1) is 10.8 Å². The molecule has 0 radical (unpaired) electrons. The highest BCUT2D eigenvalue weighted by Crippen LogP contribution is 2.45. The van der Waals surface area contributed by atoms with Crippen LogP contribution in [0.1, 0.15) is 68.2 Å². The van der Waals surface area contributed by atoms with Gasteiger partial charge >= 0.3 is 36.2 Å². The van der Waals surface area contributed by atoms with Crippen LogP contribution in [-0.4, -0.2) is 60.6 Å². The number of rotatable bonds is 6. The molecule has 4 unspecified atom stereocenters. The molecule has 0 saturated carbocycles. The molecule has 2 saturated heterocycles. The van der Waals surface area contributed by atoms with Crippen molar-refractivity contribution in [1.29, 1.82) is 0 Å². The van der Waals surface area contributed by atoms with Crippen LogP contribution in [0.5, 0.6) is 0 Å². The number of halogens is 6. The van der Waals surface area contributed by atoms with Crippen molar-refractivity contribution in [3.8, 4) is 0 Å². The molecule has 0 aromatic carbocycles. The number of hydrogen-bond donors (Lipinski definition) is 0. The second kappa shape index (κ2) is 11.3. The van der Waals surface area contributed by atoms with Gasteiger partial charge in [-0.25, -0.2) is 9.59 Å². The summed E-state index contributed by atoms with van der Waals surface area (Å²) in [5.41, 5.74) is -3.64. The van der Waals surface area contributed by atoms with Crippen molar-refractivity contribution >= 4 is 23.9 Å². The maximum absolute atomic E-state index is 13.1. The van der Waals surface area contributed by atoms with Crippen LogP contribution in [0.4, 0.5) is 26.3 Å². The number of cyclic esters (lactones) is 2. The molecule has 0 N–H and O–H groups in total. The van der Waals surface area contributed by atoms with Crippen LogP contribution in [0.15, 0.2) is 0 Å². The summed E-state index contributed by atoms with van der Waals surface area (Å²) in [6, 6.07) is 0. The minimum Gasteiger partial charge on any atom is -0.462 e. The zero-order valence-corrected chi connectivity index (χ0v) is 22.5. The van der Waals surface area contributed by atoms with Crippen LogP contribution >= 0.6 is 0 Å². The van der Waals surface area contributed by atoms with E-state index >= 15 is 0 Å². The van der Waals surface area contributed by atoms with Gasteiger partial charge in [0.25, 0.3) is 0 Å². The summed E-state index contributed by atoms with van der Waals surface area (Å²) in [5.74, 6) is -8.21. The zero-order valence-electron chi connectivity index (χ0n) is 22.5. The average molecular weight is 565 g/mol. The van der Waals surface area contributed by atoms with Gasteiger partial charge in [-0.2, -0.15) is 26.3 Å². The minimum atomic E-state index is -4.70. The highest BCUT2D eigenvalue weighted by Gasteiger charge is 2.64. The summed E-state index contributed by atoms with van der Waals surface area (Å²) in [5, 5.41) is 0. The third-order valence-corrected chi connectivity index (χ3v) is 6.76. The summed E-state index contributed by atoms with van der Waals surface area (Å²) < 4.78 is 95.6. The minimum absolute atomic E-state index is 0.383. The molecular formula is C24H34F6O8. The molecule has 0 aliphatic carbocycles. The monoisotopic (exact) mass is 564 g/mol. The van der Waals surface area contributed by atoms with Crippen molar-refractivity contribution in [3.05, 3.63) is 0 Å². The van der Waals surface area contributed by atoms with Gasteiger partial charge in [0.2, 0.25) is 12.2 Å². The van der Waals surface area contributed by atoms with Gasteiger partial charge in [-0.3, -0.25) is 9.59 Å². The summed E-state index contributed by atoms with van der Waals surface area (Å²) in [4.78, 5) is 46.3. The fraction of sp³-hybridized carbons (Fsp3) is 0.833. The molecule has 2 aliphatic heterocycles. The Bertz CT molecular complexity index is 907. The first-order valence-corrected chi connectivity index (χ1v) is 11.9. The van der Waals surface area contributed by atoms with Gasteiger partial charge in [-0.1, -0.05) is 13.8 Å². The van der Waals surface area contributed by atoms with Crippen molar-refractivity contribution in [2.24, 2.45) is 22.7 Å². The number of hydrogen-bond acceptors (Lipinski definition) is 8. The van der Waals surface area contributed by atoms with Gasteiger partial charge < -0.3 is 18.9 Å². The van der Waals surface area contributed by atoms with Crippen molar-refractivity contribution in [1.82, 2.24) is 0 Å². The fourth-order valence-electron chi connectivity index (χ4n) is 3.30. The predicted octanol–water partition coefficient (Wildman–Crippen LogP) is 4.92. The molecule has 4 atom stereocenters. The van der Waals surface area contributed by atoms with E-state index in [-0.39, 0.29) is 0 Å². The Kier molecular flexibility index (Phi) is 9.95. The highest BCUT2D eigenvalue weighted by atomic mass is 19.4. The third kappa shape index (κ3) is 7.75. The molecule has 220 valence electrons. The van der Waals surface area contributed by atoms with E-state index in [0.717, 1.165) is 13.8 Å². The van der Waals surface area contributed by atoms with Crippen LogP contribution in [-0.2, 0) is 38.1 Å². The predicted molar refractivity (Wildman–Crippen MR) is 118 cm³/mol. The quantitative estimate of drug-likeness (QED) is 0.255. The van der Waals surface area contributed by atoms with E-state index < -0.39 is 83.3 Å². The molecule has 8 nitrogen and oxygen atoms in total. The molecule has 14 heteroatoms. The largest absolute Gasteiger partial charge is 0.462 e. The molecule has 0 aromatic heterocycles. The van der Waals surface area contributed by atoms with Crippen molar-refractivity contribution in [2.75, 3.05) is 6.61 Å². The van der Waals surface area contributed by atoms with E-state index in [2.05, 4.69) is 9.47 Å². The average Bonchev–Trinajstić information content (AvgIpc) is 3.23. The molecule has 0 aromatic rings. The molecule has 2 aliphatic rings. The first-order valence-electron chi connectivity index (χ1n) is 11.9. The Morgan fingerprint density at radius 3 is 1.61 bits per heavy atom. The van der Waals surface area contributed by atoms with Crippen LogP contribution < -0.4 is 0 Å². The lowest BCUT2D eigenvalue weighted by Crippen LogP contribution is -2.46. The first-order chi connectivity index (χ1) is 16.9. The third-order valence-electron chi connectivity index (χ3n) is 6.76. The number of carbonyl (C=O) groups is 4. The molecule has 2 rings (SSSR count). The van der Waals surface area contributed by atoms with E-state index in [1.54, 1.807) is 27.7 Å². The Balaban J connectivity index is 0.000000382. The van der Waals surface area contributed by atoms with Gasteiger partial charge in [-0.05, 0) is 54.4 Å². The lowest BCUT2D eigenvalue weighted by molar-refractivity contribution is -0.222. The molecule has 0 bridgehead atoms. The molecular weight excluding hydrogens is 530 g/mol. The topological polar surface area (TPSA) is 105 Å². The molecule has 2 fully saturated rings. The first kappa shape index (κ1) is 33.5. The fourth-order valence-corrected chi connectivity index (χ4v) is 3.30. The summed E-state index contributed by atoms with van der Waals surface area (Å²) in [6.45, 7) is 11.1. The van der Waals surface area contributed by atoms with E-state index in [9.17, 15) is 45.5 Å². The Labute approximate surface area is 216 Å². The number of carbonyl (C=O) groups excluding carboxylic acids is 4. The van der Waals surface area contributed by atoms with Crippen molar-refractivity contribution in [3.63, 3.8) is 0 Å². The second-order valence-corrected chi connectivity index (χ2v) is 10.9.